The fourth-order valence-corrected chi connectivity index (χ4v) is 12.7. The van der Waals surface area contributed by atoms with E-state index in [1.807, 2.05) is 0 Å². The van der Waals surface area contributed by atoms with E-state index < -0.39 is 0 Å². The normalized spacial score (nSPS) is 11.2. The molecule has 0 bridgehead atoms. The second-order valence-electron chi connectivity index (χ2n) is 22.4. The van der Waals surface area contributed by atoms with Crippen LogP contribution < -0.4 is 9.80 Å². The van der Waals surface area contributed by atoms with E-state index in [4.69, 9.17) is 0 Å². The molecule has 0 saturated carbocycles. The summed E-state index contributed by atoms with van der Waals surface area (Å²) < 4.78 is 0. The summed E-state index contributed by atoms with van der Waals surface area (Å²) in [6.07, 6.45) is 0. The van der Waals surface area contributed by atoms with Crippen molar-refractivity contribution < 1.29 is 0 Å². The van der Waals surface area contributed by atoms with Crippen LogP contribution in [0.5, 0.6) is 0 Å². The van der Waals surface area contributed by atoms with Gasteiger partial charge in [0.15, 0.2) is 0 Å². The summed E-state index contributed by atoms with van der Waals surface area (Å²) in [5.41, 5.74) is 25.1. The van der Waals surface area contributed by atoms with Crippen molar-refractivity contribution in [3.05, 3.63) is 364 Å². The molecule has 88 heavy (non-hydrogen) atoms. The minimum atomic E-state index is 1.06. The minimum Gasteiger partial charge on any atom is -0.310 e. The SMILES string of the molecule is c1ccc(-c2ccc(-c3c4ccc(N(c5ccc(-c6ccccc6)cc5)c5ccc(-c6ccccc6)cc5)cc4c(-c4ccc(-c5ccccc5)cc4)c4ccc(N(c5ccc(-c6ccccc6)cc5)c5ccc(-c6ccccc6)cc5)cc34)cc2)cc1. The van der Waals surface area contributed by atoms with Gasteiger partial charge in [0.25, 0.3) is 0 Å². The summed E-state index contributed by atoms with van der Waals surface area (Å²) in [5.74, 6) is 0. The molecule has 414 valence electrons. The maximum absolute atomic E-state index is 2.44. The lowest BCUT2D eigenvalue weighted by atomic mass is 9.84. The predicted octanol–water partition coefficient (Wildman–Crippen LogP) is 24.3. The highest BCUT2D eigenvalue weighted by molar-refractivity contribution is 6.23. The van der Waals surface area contributed by atoms with E-state index in [1.165, 1.54) is 77.9 Å². The molecule has 2 heteroatoms. The van der Waals surface area contributed by atoms with Gasteiger partial charge in [0.2, 0.25) is 0 Å². The lowest BCUT2D eigenvalue weighted by Gasteiger charge is -2.28. The van der Waals surface area contributed by atoms with Gasteiger partial charge in [0, 0.05) is 34.1 Å². The summed E-state index contributed by atoms with van der Waals surface area (Å²) in [6, 6.07) is 133. The van der Waals surface area contributed by atoms with E-state index in [0.717, 1.165) is 66.8 Å². The quantitative estimate of drug-likeness (QED) is 0.100. The molecule has 0 fully saturated rings. The third kappa shape index (κ3) is 10.6. The standard InChI is InChI=1S/C86H60N2/c1-7-19-61(20-8-1)67-31-35-73(36-32-67)85-81-57-55-80(88(77-51-43-71(44-52-77)65-27-15-5-16-28-65)78-53-45-72(46-54-78)66-29-17-6-18-30-66)60-84(81)86(74-37-33-68(34-38-74)62-21-9-2-10-22-62)82-58-56-79(59-83(82)85)87(75-47-39-69(40-48-75)63-23-11-3-12-24-63)76-49-41-70(42-50-76)64-25-13-4-14-26-64/h1-60H. The van der Waals surface area contributed by atoms with E-state index in [-0.39, 0.29) is 0 Å². The molecule has 0 radical (unpaired) electrons. The van der Waals surface area contributed by atoms with Crippen LogP contribution in [-0.4, -0.2) is 0 Å². The molecule has 15 aromatic carbocycles. The number of hydrogen-bond acceptors (Lipinski definition) is 2. The molecule has 0 saturated heterocycles. The third-order valence-electron chi connectivity index (χ3n) is 17.1. The van der Waals surface area contributed by atoms with Gasteiger partial charge in [-0.1, -0.05) is 291 Å². The molecule has 0 aliphatic rings. The van der Waals surface area contributed by atoms with E-state index in [1.54, 1.807) is 0 Å². The fraction of sp³-hybridized carbons (Fsp3) is 0. The number of benzene rings is 15. The first-order valence-corrected chi connectivity index (χ1v) is 30.2. The molecule has 0 spiro atoms. The van der Waals surface area contributed by atoms with Gasteiger partial charge in [-0.2, -0.15) is 0 Å². The number of hydrogen-bond donors (Lipinski definition) is 0. The van der Waals surface area contributed by atoms with Crippen LogP contribution in [0.15, 0.2) is 364 Å². The van der Waals surface area contributed by atoms with Gasteiger partial charge in [0.1, 0.15) is 0 Å². The monoisotopic (exact) mass is 1120 g/mol. The minimum absolute atomic E-state index is 1.06. The van der Waals surface area contributed by atoms with Gasteiger partial charge >= 0.3 is 0 Å². The van der Waals surface area contributed by atoms with Gasteiger partial charge in [-0.25, -0.2) is 0 Å². The van der Waals surface area contributed by atoms with E-state index >= 15 is 0 Å². The Balaban J connectivity index is 0.974. The van der Waals surface area contributed by atoms with Crippen molar-refractivity contribution in [3.8, 4) is 89.0 Å². The van der Waals surface area contributed by atoms with Crippen LogP contribution in [-0.2, 0) is 0 Å². The zero-order chi connectivity index (χ0) is 58.6. The fourth-order valence-electron chi connectivity index (χ4n) is 12.7. The van der Waals surface area contributed by atoms with E-state index in [2.05, 4.69) is 374 Å². The first-order valence-electron chi connectivity index (χ1n) is 30.2. The Morgan fingerprint density at radius 1 is 0.125 bits per heavy atom. The predicted molar refractivity (Wildman–Crippen MR) is 374 cm³/mol. The molecule has 15 aromatic rings. The van der Waals surface area contributed by atoms with Gasteiger partial charge < -0.3 is 9.80 Å². The Kier molecular flexibility index (Phi) is 14.4. The van der Waals surface area contributed by atoms with Gasteiger partial charge in [-0.15, -0.1) is 0 Å². The lowest BCUT2D eigenvalue weighted by molar-refractivity contribution is 1.29. The summed E-state index contributed by atoms with van der Waals surface area (Å²) >= 11 is 0. The zero-order valence-corrected chi connectivity index (χ0v) is 48.5. The molecule has 0 unspecified atom stereocenters. The van der Waals surface area contributed by atoms with Crippen molar-refractivity contribution >= 4 is 55.7 Å². The Morgan fingerprint density at radius 3 is 0.511 bits per heavy atom. The van der Waals surface area contributed by atoms with Gasteiger partial charge in [-0.3, -0.25) is 0 Å². The number of rotatable bonds is 14. The zero-order valence-electron chi connectivity index (χ0n) is 48.5. The topological polar surface area (TPSA) is 6.48 Å². The maximum Gasteiger partial charge on any atom is 0.0468 e. The Labute approximate surface area is 515 Å². The second-order valence-corrected chi connectivity index (χ2v) is 22.4. The van der Waals surface area contributed by atoms with Crippen molar-refractivity contribution in [2.45, 2.75) is 0 Å². The smallest absolute Gasteiger partial charge is 0.0468 e. The van der Waals surface area contributed by atoms with Crippen LogP contribution in [0, 0.1) is 0 Å². The maximum atomic E-state index is 2.44. The van der Waals surface area contributed by atoms with Crippen LogP contribution in [0.2, 0.25) is 0 Å². The van der Waals surface area contributed by atoms with Crippen molar-refractivity contribution in [2.75, 3.05) is 9.80 Å². The Hall–Kier alpha value is -11.6. The third-order valence-corrected chi connectivity index (χ3v) is 17.1. The number of fused-ring (bicyclic) bond motifs is 2. The average Bonchev–Trinajstić information content (AvgIpc) is 1.22. The summed E-state index contributed by atoms with van der Waals surface area (Å²) in [4.78, 5) is 4.83. The summed E-state index contributed by atoms with van der Waals surface area (Å²) in [6.45, 7) is 0. The number of anilines is 6. The van der Waals surface area contributed by atoms with Crippen LogP contribution >= 0.6 is 0 Å². The highest BCUT2D eigenvalue weighted by Gasteiger charge is 2.23. The molecule has 2 nitrogen and oxygen atoms in total. The van der Waals surface area contributed by atoms with Crippen molar-refractivity contribution in [1.82, 2.24) is 0 Å². The molecule has 0 aliphatic heterocycles. The summed E-state index contributed by atoms with van der Waals surface area (Å²) in [7, 11) is 0. The van der Waals surface area contributed by atoms with Gasteiger partial charge in [0.05, 0.1) is 0 Å². The molecular weight excluding hydrogens is 1060 g/mol. The first kappa shape index (κ1) is 53.2. The molecule has 0 aliphatic carbocycles. The molecule has 0 heterocycles. The van der Waals surface area contributed by atoms with E-state index in [9.17, 15) is 0 Å². The lowest BCUT2D eigenvalue weighted by Crippen LogP contribution is -2.10. The van der Waals surface area contributed by atoms with Crippen LogP contribution in [0.25, 0.3) is 111 Å². The molecule has 15 rings (SSSR count). The van der Waals surface area contributed by atoms with Crippen LogP contribution in [0.4, 0.5) is 34.1 Å². The largest absolute Gasteiger partial charge is 0.310 e. The highest BCUT2D eigenvalue weighted by atomic mass is 15.1. The van der Waals surface area contributed by atoms with Crippen molar-refractivity contribution in [3.63, 3.8) is 0 Å². The number of nitrogens with zero attached hydrogens (tertiary/aromatic N) is 2. The highest BCUT2D eigenvalue weighted by Crippen LogP contribution is 2.49. The van der Waals surface area contributed by atoms with Crippen molar-refractivity contribution in [2.24, 2.45) is 0 Å². The average molecular weight is 1120 g/mol. The summed E-state index contributed by atoms with van der Waals surface area (Å²) in [5, 5.41) is 4.63. The molecule has 0 atom stereocenters. The van der Waals surface area contributed by atoms with Crippen LogP contribution in [0.3, 0.4) is 0 Å². The molecule has 0 amide bonds. The molecule has 0 aromatic heterocycles. The first-order chi connectivity index (χ1) is 43.6. The Bertz CT molecular complexity index is 4360. The van der Waals surface area contributed by atoms with E-state index in [0.29, 0.717) is 0 Å². The molecular formula is C86H60N2. The van der Waals surface area contributed by atoms with Gasteiger partial charge in [-0.05, 0) is 183 Å². The second kappa shape index (κ2) is 23.8. The Morgan fingerprint density at radius 2 is 0.295 bits per heavy atom. The molecule has 0 N–H and O–H groups in total. The van der Waals surface area contributed by atoms with Crippen LogP contribution in [0.1, 0.15) is 0 Å². The van der Waals surface area contributed by atoms with Crippen molar-refractivity contribution in [1.29, 1.82) is 0 Å².